The molecule has 0 aliphatic rings. The standard InChI is InChI=1S/C16H23Cl3O/c1-13(2)7-9-20-10-8-16(11-17,12-18)14-3-5-15(19)6-4-14/h3-6,13H,7-12H2,1-2H3. The van der Waals surface area contributed by atoms with Gasteiger partial charge in [0, 0.05) is 35.4 Å². The van der Waals surface area contributed by atoms with Crippen LogP contribution in [0.1, 0.15) is 32.3 Å². The Morgan fingerprint density at radius 2 is 1.65 bits per heavy atom. The highest BCUT2D eigenvalue weighted by molar-refractivity contribution is 6.30. The lowest BCUT2D eigenvalue weighted by Gasteiger charge is -2.30. The smallest absolute Gasteiger partial charge is 0.0475 e. The molecule has 0 saturated heterocycles. The van der Waals surface area contributed by atoms with Gasteiger partial charge in [0.1, 0.15) is 0 Å². The van der Waals surface area contributed by atoms with Crippen LogP contribution in [0.25, 0.3) is 0 Å². The molecular formula is C16H23Cl3O. The van der Waals surface area contributed by atoms with Gasteiger partial charge in [-0.3, -0.25) is 0 Å². The molecule has 4 heteroatoms. The molecule has 0 N–H and O–H groups in total. The number of hydrogen-bond donors (Lipinski definition) is 0. The highest BCUT2D eigenvalue weighted by Gasteiger charge is 2.30. The Morgan fingerprint density at radius 1 is 1.05 bits per heavy atom. The van der Waals surface area contributed by atoms with Crippen LogP contribution in [-0.2, 0) is 10.2 Å². The molecule has 20 heavy (non-hydrogen) atoms. The summed E-state index contributed by atoms with van der Waals surface area (Å²) >= 11 is 18.3. The molecule has 0 radical (unpaired) electrons. The quantitative estimate of drug-likeness (QED) is 0.426. The largest absolute Gasteiger partial charge is 0.381 e. The van der Waals surface area contributed by atoms with Crippen molar-refractivity contribution in [2.24, 2.45) is 5.92 Å². The Balaban J connectivity index is 2.60. The maximum atomic E-state index is 6.19. The van der Waals surface area contributed by atoms with E-state index in [1.807, 2.05) is 24.3 Å². The molecule has 1 rings (SSSR count). The molecule has 0 bridgehead atoms. The first-order valence-electron chi connectivity index (χ1n) is 7.00. The van der Waals surface area contributed by atoms with Crippen molar-refractivity contribution >= 4 is 34.8 Å². The van der Waals surface area contributed by atoms with Crippen LogP contribution < -0.4 is 0 Å². The lowest BCUT2D eigenvalue weighted by atomic mass is 9.81. The molecule has 0 amide bonds. The Kier molecular flexibility index (Phi) is 8.28. The zero-order chi connectivity index (χ0) is 15.0. The lowest BCUT2D eigenvalue weighted by Crippen LogP contribution is -2.32. The predicted molar refractivity (Wildman–Crippen MR) is 89.5 cm³/mol. The summed E-state index contributed by atoms with van der Waals surface area (Å²) in [5.41, 5.74) is 0.880. The van der Waals surface area contributed by atoms with E-state index in [4.69, 9.17) is 39.5 Å². The molecule has 0 atom stereocenters. The summed E-state index contributed by atoms with van der Waals surface area (Å²) in [6.45, 7) is 5.85. The number of halogens is 3. The summed E-state index contributed by atoms with van der Waals surface area (Å²) < 4.78 is 5.71. The maximum absolute atomic E-state index is 6.19. The molecule has 1 aromatic rings. The molecule has 0 spiro atoms. The fourth-order valence-corrected chi connectivity index (χ4v) is 2.95. The average Bonchev–Trinajstić information content (AvgIpc) is 2.44. The van der Waals surface area contributed by atoms with E-state index >= 15 is 0 Å². The van der Waals surface area contributed by atoms with E-state index < -0.39 is 0 Å². The van der Waals surface area contributed by atoms with Gasteiger partial charge in [0.05, 0.1) is 0 Å². The highest BCUT2D eigenvalue weighted by atomic mass is 35.5. The molecule has 0 saturated carbocycles. The summed E-state index contributed by atoms with van der Waals surface area (Å²) in [4.78, 5) is 0. The number of hydrogen-bond acceptors (Lipinski definition) is 1. The van der Waals surface area contributed by atoms with Crippen molar-refractivity contribution in [1.82, 2.24) is 0 Å². The van der Waals surface area contributed by atoms with Gasteiger partial charge < -0.3 is 4.74 Å². The van der Waals surface area contributed by atoms with Crippen LogP contribution in [-0.4, -0.2) is 25.0 Å². The number of benzene rings is 1. The number of ether oxygens (including phenoxy) is 1. The monoisotopic (exact) mass is 336 g/mol. The van der Waals surface area contributed by atoms with Crippen molar-refractivity contribution in [2.45, 2.75) is 32.1 Å². The molecule has 114 valence electrons. The van der Waals surface area contributed by atoms with Crippen molar-refractivity contribution in [3.8, 4) is 0 Å². The zero-order valence-corrected chi connectivity index (χ0v) is 14.4. The molecule has 1 aromatic carbocycles. The minimum absolute atomic E-state index is 0.245. The van der Waals surface area contributed by atoms with Crippen LogP contribution >= 0.6 is 34.8 Å². The molecular weight excluding hydrogens is 315 g/mol. The van der Waals surface area contributed by atoms with E-state index in [9.17, 15) is 0 Å². The fraction of sp³-hybridized carbons (Fsp3) is 0.625. The molecule has 0 heterocycles. The van der Waals surface area contributed by atoms with Crippen molar-refractivity contribution in [3.63, 3.8) is 0 Å². The SMILES string of the molecule is CC(C)CCOCCC(CCl)(CCl)c1ccc(Cl)cc1. The van der Waals surface area contributed by atoms with Gasteiger partial charge in [0.15, 0.2) is 0 Å². The molecule has 1 nitrogen and oxygen atoms in total. The summed E-state index contributed by atoms with van der Waals surface area (Å²) in [5.74, 6) is 1.62. The second-order valence-corrected chi connectivity index (χ2v) is 6.57. The fourth-order valence-electron chi connectivity index (χ4n) is 1.96. The zero-order valence-electron chi connectivity index (χ0n) is 12.2. The minimum Gasteiger partial charge on any atom is -0.381 e. The number of rotatable bonds is 9. The molecule has 0 aliphatic carbocycles. The van der Waals surface area contributed by atoms with Crippen molar-refractivity contribution in [2.75, 3.05) is 25.0 Å². The Hall–Kier alpha value is 0.0500. The van der Waals surface area contributed by atoms with Gasteiger partial charge in [-0.25, -0.2) is 0 Å². The van der Waals surface area contributed by atoms with Crippen LogP contribution in [0.4, 0.5) is 0 Å². The molecule has 0 unspecified atom stereocenters. The average molecular weight is 338 g/mol. The first-order valence-corrected chi connectivity index (χ1v) is 8.44. The van der Waals surface area contributed by atoms with Gasteiger partial charge in [-0.1, -0.05) is 37.6 Å². The van der Waals surface area contributed by atoms with Crippen molar-refractivity contribution in [3.05, 3.63) is 34.9 Å². The van der Waals surface area contributed by atoms with E-state index in [2.05, 4.69) is 13.8 Å². The first kappa shape index (κ1) is 18.1. The van der Waals surface area contributed by atoms with E-state index in [0.717, 1.165) is 30.0 Å². The summed E-state index contributed by atoms with van der Waals surface area (Å²) in [5, 5.41) is 0.722. The molecule has 0 fully saturated rings. The third kappa shape index (κ3) is 5.44. The van der Waals surface area contributed by atoms with Gasteiger partial charge in [-0.15, -0.1) is 23.2 Å². The Bertz CT molecular complexity index is 372. The Labute approximate surface area is 137 Å². The van der Waals surface area contributed by atoms with Crippen molar-refractivity contribution < 1.29 is 4.74 Å². The summed E-state index contributed by atoms with van der Waals surface area (Å²) in [6.07, 6.45) is 1.90. The molecule has 0 aliphatic heterocycles. The summed E-state index contributed by atoms with van der Waals surface area (Å²) in [7, 11) is 0. The highest BCUT2D eigenvalue weighted by Crippen LogP contribution is 2.32. The van der Waals surface area contributed by atoms with Gasteiger partial charge in [0.2, 0.25) is 0 Å². The normalized spacial score (nSPS) is 12.1. The first-order chi connectivity index (χ1) is 9.54. The van der Waals surface area contributed by atoms with Crippen LogP contribution in [0.15, 0.2) is 24.3 Å². The van der Waals surface area contributed by atoms with E-state index in [1.165, 1.54) is 0 Å². The lowest BCUT2D eigenvalue weighted by molar-refractivity contribution is 0.109. The second-order valence-electron chi connectivity index (χ2n) is 5.60. The van der Waals surface area contributed by atoms with E-state index in [-0.39, 0.29) is 5.41 Å². The summed E-state index contributed by atoms with van der Waals surface area (Å²) in [6, 6.07) is 7.76. The predicted octanol–water partition coefficient (Wildman–Crippen LogP) is 5.51. The van der Waals surface area contributed by atoms with E-state index in [1.54, 1.807) is 0 Å². The van der Waals surface area contributed by atoms with Crippen LogP contribution in [0.5, 0.6) is 0 Å². The third-order valence-corrected chi connectivity index (χ3v) is 4.81. The minimum atomic E-state index is -0.245. The van der Waals surface area contributed by atoms with Gasteiger partial charge in [0.25, 0.3) is 0 Å². The maximum Gasteiger partial charge on any atom is 0.0475 e. The topological polar surface area (TPSA) is 9.23 Å². The van der Waals surface area contributed by atoms with Gasteiger partial charge in [-0.05, 0) is 36.5 Å². The number of alkyl halides is 2. The van der Waals surface area contributed by atoms with E-state index in [0.29, 0.717) is 24.3 Å². The van der Waals surface area contributed by atoms with Crippen LogP contribution in [0, 0.1) is 5.92 Å². The van der Waals surface area contributed by atoms with Crippen LogP contribution in [0.3, 0.4) is 0 Å². The molecule has 0 aromatic heterocycles. The third-order valence-electron chi connectivity index (χ3n) is 3.53. The van der Waals surface area contributed by atoms with Gasteiger partial charge in [-0.2, -0.15) is 0 Å². The van der Waals surface area contributed by atoms with Gasteiger partial charge >= 0.3 is 0 Å². The Morgan fingerprint density at radius 3 is 2.15 bits per heavy atom. The van der Waals surface area contributed by atoms with Crippen LogP contribution in [0.2, 0.25) is 5.02 Å². The second kappa shape index (κ2) is 9.15. The van der Waals surface area contributed by atoms with Crippen molar-refractivity contribution in [1.29, 1.82) is 0 Å².